The van der Waals surface area contributed by atoms with Gasteiger partial charge in [0.05, 0.1) is 5.75 Å². The van der Waals surface area contributed by atoms with Crippen LogP contribution in [-0.4, -0.2) is 11.5 Å². The van der Waals surface area contributed by atoms with Gasteiger partial charge < -0.3 is 0 Å². The third-order valence-corrected chi connectivity index (χ3v) is 2.30. The molecule has 0 aliphatic rings. The lowest BCUT2D eigenvalue weighted by atomic mass is 10.0. The van der Waals surface area contributed by atoms with Gasteiger partial charge in [-0.1, -0.05) is 26.7 Å². The normalized spacial score (nSPS) is 10.4. The van der Waals surface area contributed by atoms with E-state index in [9.17, 15) is 0 Å². The zero-order valence-electron chi connectivity index (χ0n) is 7.32. The van der Waals surface area contributed by atoms with Gasteiger partial charge in [-0.25, -0.2) is 0 Å². The van der Waals surface area contributed by atoms with Crippen molar-refractivity contribution in [2.45, 2.75) is 27.7 Å². The summed E-state index contributed by atoms with van der Waals surface area (Å²) in [7, 11) is 0. The molecule has 0 saturated heterocycles. The topological polar surface area (TPSA) is 0 Å². The first kappa shape index (κ1) is 9.91. The molecule has 0 N–H and O–H groups in total. The molecule has 0 amide bonds. The molecule has 58 valence electrons. The third kappa shape index (κ3) is 7.91. The molecule has 0 unspecified atom stereocenters. The Morgan fingerprint density at radius 1 is 1.30 bits per heavy atom. The van der Waals surface area contributed by atoms with Gasteiger partial charge in [0, 0.05) is 0 Å². The van der Waals surface area contributed by atoms with Crippen LogP contribution >= 0.6 is 11.8 Å². The van der Waals surface area contributed by atoms with Gasteiger partial charge in [-0.15, -0.1) is 17.7 Å². The zero-order chi connectivity index (χ0) is 8.04. The second kappa shape index (κ2) is 4.68. The smallest absolute Gasteiger partial charge is 0.0547 e. The van der Waals surface area contributed by atoms with Crippen LogP contribution in [-0.2, 0) is 0 Å². The Morgan fingerprint density at radius 3 is 2.30 bits per heavy atom. The Labute approximate surface area is 68.8 Å². The molecule has 0 fully saturated rings. The fraction of sp³-hybridized carbons (Fsp3) is 0.778. The Morgan fingerprint density at radius 2 is 1.90 bits per heavy atom. The summed E-state index contributed by atoms with van der Waals surface area (Å²) >= 11 is 1.91. The van der Waals surface area contributed by atoms with Crippen LogP contribution < -0.4 is 0 Å². The molecule has 0 heterocycles. The van der Waals surface area contributed by atoms with E-state index in [1.165, 1.54) is 5.75 Å². The van der Waals surface area contributed by atoms with Gasteiger partial charge in [-0.05, 0) is 18.1 Å². The van der Waals surface area contributed by atoms with Gasteiger partial charge >= 0.3 is 0 Å². The van der Waals surface area contributed by atoms with E-state index in [0.29, 0.717) is 5.41 Å². The van der Waals surface area contributed by atoms with Crippen molar-refractivity contribution >= 4 is 11.8 Å². The SMILES string of the molecule is CC#CCSCC(C)(C)C. The van der Waals surface area contributed by atoms with Gasteiger partial charge in [0.2, 0.25) is 0 Å². The summed E-state index contributed by atoms with van der Waals surface area (Å²) in [5.41, 5.74) is 0.445. The quantitative estimate of drug-likeness (QED) is 0.437. The van der Waals surface area contributed by atoms with Crippen LogP contribution in [0.15, 0.2) is 0 Å². The third-order valence-electron chi connectivity index (χ3n) is 0.886. The lowest BCUT2D eigenvalue weighted by Gasteiger charge is -2.15. The average molecular weight is 156 g/mol. The van der Waals surface area contributed by atoms with Crippen LogP contribution in [0.3, 0.4) is 0 Å². The summed E-state index contributed by atoms with van der Waals surface area (Å²) < 4.78 is 0. The molecule has 0 saturated carbocycles. The highest BCUT2D eigenvalue weighted by atomic mass is 32.2. The molecule has 0 aromatic heterocycles. The monoisotopic (exact) mass is 156 g/mol. The van der Waals surface area contributed by atoms with E-state index in [4.69, 9.17) is 0 Å². The Balaban J connectivity index is 3.26. The van der Waals surface area contributed by atoms with Gasteiger partial charge in [-0.2, -0.15) is 0 Å². The number of thioether (sulfide) groups is 1. The maximum absolute atomic E-state index is 3.03. The molecule has 0 nitrogen and oxygen atoms in total. The molecule has 0 aliphatic heterocycles. The molecule has 0 aromatic carbocycles. The Bertz CT molecular complexity index is 131. The summed E-state index contributed by atoms with van der Waals surface area (Å²) in [6, 6.07) is 0. The highest BCUT2D eigenvalue weighted by Gasteiger charge is 2.08. The average Bonchev–Trinajstić information content (AvgIpc) is 1.78. The molecule has 1 heteroatoms. The van der Waals surface area contributed by atoms with Crippen LogP contribution in [0.5, 0.6) is 0 Å². The minimum Gasteiger partial charge on any atom is -0.148 e. The molecule has 0 rings (SSSR count). The maximum atomic E-state index is 3.03. The van der Waals surface area contributed by atoms with E-state index in [-0.39, 0.29) is 0 Å². The van der Waals surface area contributed by atoms with Gasteiger partial charge in [0.15, 0.2) is 0 Å². The van der Waals surface area contributed by atoms with E-state index in [1.54, 1.807) is 0 Å². The van der Waals surface area contributed by atoms with E-state index in [2.05, 4.69) is 32.6 Å². The fourth-order valence-electron chi connectivity index (χ4n) is 0.480. The summed E-state index contributed by atoms with van der Waals surface area (Å²) in [5.74, 6) is 8.09. The van der Waals surface area contributed by atoms with E-state index >= 15 is 0 Å². The van der Waals surface area contributed by atoms with E-state index in [1.807, 2.05) is 18.7 Å². The maximum Gasteiger partial charge on any atom is 0.0547 e. The largest absolute Gasteiger partial charge is 0.148 e. The van der Waals surface area contributed by atoms with Crippen LogP contribution in [0.1, 0.15) is 27.7 Å². The molecular formula is C9H16S. The van der Waals surface area contributed by atoms with Crippen LogP contribution in [0.2, 0.25) is 0 Å². The van der Waals surface area contributed by atoms with Gasteiger partial charge in [-0.3, -0.25) is 0 Å². The molecule has 0 aliphatic carbocycles. The summed E-state index contributed by atoms with van der Waals surface area (Å²) in [6.45, 7) is 8.63. The summed E-state index contributed by atoms with van der Waals surface area (Å²) in [4.78, 5) is 0. The highest BCUT2D eigenvalue weighted by molar-refractivity contribution is 7.99. The first-order valence-electron chi connectivity index (χ1n) is 3.53. The molecule has 10 heavy (non-hydrogen) atoms. The van der Waals surface area contributed by atoms with Crippen molar-refractivity contribution in [3.8, 4) is 11.8 Å². The molecule has 0 radical (unpaired) electrons. The summed E-state index contributed by atoms with van der Waals surface area (Å²) in [6.07, 6.45) is 0. The number of hydrogen-bond acceptors (Lipinski definition) is 1. The summed E-state index contributed by atoms with van der Waals surface area (Å²) in [5, 5.41) is 0. The number of hydrogen-bond donors (Lipinski definition) is 0. The number of rotatable bonds is 2. The van der Waals surface area contributed by atoms with Crippen molar-refractivity contribution in [1.82, 2.24) is 0 Å². The molecule has 0 atom stereocenters. The molecule has 0 spiro atoms. The first-order valence-corrected chi connectivity index (χ1v) is 4.69. The fourth-order valence-corrected chi connectivity index (χ4v) is 1.44. The van der Waals surface area contributed by atoms with E-state index < -0.39 is 0 Å². The predicted molar refractivity (Wildman–Crippen MR) is 50.2 cm³/mol. The van der Waals surface area contributed by atoms with Crippen molar-refractivity contribution in [1.29, 1.82) is 0 Å². The first-order chi connectivity index (χ1) is 4.56. The van der Waals surface area contributed by atoms with Crippen molar-refractivity contribution in [2.24, 2.45) is 5.41 Å². The standard InChI is InChI=1S/C9H16S/c1-5-6-7-10-8-9(2,3)4/h7-8H2,1-4H3. The molecule has 0 aromatic rings. The van der Waals surface area contributed by atoms with Crippen molar-refractivity contribution in [2.75, 3.05) is 11.5 Å². The highest BCUT2D eigenvalue weighted by Crippen LogP contribution is 2.19. The predicted octanol–water partition coefficient (Wildman–Crippen LogP) is 2.79. The minimum absolute atomic E-state index is 0.445. The van der Waals surface area contributed by atoms with Crippen LogP contribution in [0.25, 0.3) is 0 Å². The molecular weight excluding hydrogens is 140 g/mol. The lowest BCUT2D eigenvalue weighted by molar-refractivity contribution is 0.481. The second-order valence-corrected chi connectivity index (χ2v) is 4.47. The van der Waals surface area contributed by atoms with Crippen molar-refractivity contribution in [3.05, 3.63) is 0 Å². The van der Waals surface area contributed by atoms with E-state index in [0.717, 1.165) is 5.75 Å². The Hall–Kier alpha value is -0.0900. The Kier molecular flexibility index (Phi) is 4.64. The van der Waals surface area contributed by atoms with Crippen molar-refractivity contribution < 1.29 is 0 Å². The van der Waals surface area contributed by atoms with Crippen LogP contribution in [0.4, 0.5) is 0 Å². The lowest BCUT2D eigenvalue weighted by Crippen LogP contribution is -2.08. The van der Waals surface area contributed by atoms with Crippen molar-refractivity contribution in [3.63, 3.8) is 0 Å². The minimum atomic E-state index is 0.445. The van der Waals surface area contributed by atoms with Gasteiger partial charge in [0.1, 0.15) is 0 Å². The van der Waals surface area contributed by atoms with Gasteiger partial charge in [0.25, 0.3) is 0 Å². The van der Waals surface area contributed by atoms with Crippen LogP contribution in [0, 0.1) is 17.3 Å². The zero-order valence-corrected chi connectivity index (χ0v) is 8.14. The molecule has 0 bridgehead atoms. The second-order valence-electron chi connectivity index (χ2n) is 3.48.